The van der Waals surface area contributed by atoms with E-state index in [1.54, 1.807) is 0 Å². The first-order valence-electron chi connectivity index (χ1n) is 8.72. The molecule has 4 unspecified atom stereocenters. The van der Waals surface area contributed by atoms with Crippen molar-refractivity contribution >= 4 is 5.97 Å². The minimum absolute atomic E-state index is 0.317. The summed E-state index contributed by atoms with van der Waals surface area (Å²) in [5.41, 5.74) is -0.721. The van der Waals surface area contributed by atoms with Gasteiger partial charge in [-0.25, -0.2) is 0 Å². The molecular weight excluding hydrogens is 264 g/mol. The Morgan fingerprint density at radius 1 is 1.29 bits per heavy atom. The van der Waals surface area contributed by atoms with Gasteiger partial charge in [-0.15, -0.1) is 0 Å². The van der Waals surface area contributed by atoms with Gasteiger partial charge in [-0.3, -0.25) is 4.79 Å². The molecule has 2 bridgehead atoms. The zero-order chi connectivity index (χ0) is 15.0. The monoisotopic (exact) mass is 294 g/mol. The SMILES string of the molecule is CCNC(CN(C)CC1CC2CCC1C2)(C(=O)O)C1CC1. The van der Waals surface area contributed by atoms with Gasteiger partial charge in [-0.05, 0) is 69.4 Å². The van der Waals surface area contributed by atoms with Crippen molar-refractivity contribution in [3.05, 3.63) is 0 Å². The number of hydrogen-bond acceptors (Lipinski definition) is 3. The number of carbonyl (C=O) groups is 1. The van der Waals surface area contributed by atoms with Gasteiger partial charge >= 0.3 is 5.97 Å². The highest BCUT2D eigenvalue weighted by molar-refractivity contribution is 5.80. The van der Waals surface area contributed by atoms with E-state index in [9.17, 15) is 9.90 Å². The average Bonchev–Trinajstić information content (AvgIpc) is 3.09. The minimum Gasteiger partial charge on any atom is -0.480 e. The number of carboxylic acid groups (broad SMARTS) is 1. The summed E-state index contributed by atoms with van der Waals surface area (Å²) in [5.74, 6) is 2.34. The van der Waals surface area contributed by atoms with Crippen LogP contribution in [0.3, 0.4) is 0 Å². The largest absolute Gasteiger partial charge is 0.480 e. The van der Waals surface area contributed by atoms with Crippen LogP contribution in [0.1, 0.15) is 45.4 Å². The van der Waals surface area contributed by atoms with Crippen LogP contribution in [0.2, 0.25) is 0 Å². The quantitative estimate of drug-likeness (QED) is 0.720. The van der Waals surface area contributed by atoms with E-state index in [4.69, 9.17) is 0 Å². The molecule has 0 heterocycles. The molecule has 0 spiro atoms. The molecule has 0 aromatic carbocycles. The highest BCUT2D eigenvalue weighted by Crippen LogP contribution is 2.48. The van der Waals surface area contributed by atoms with E-state index in [2.05, 4.69) is 17.3 Å². The van der Waals surface area contributed by atoms with Crippen molar-refractivity contribution in [3.63, 3.8) is 0 Å². The van der Waals surface area contributed by atoms with E-state index in [1.165, 1.54) is 25.7 Å². The number of aliphatic carboxylic acids is 1. The number of likely N-dealkylation sites (N-methyl/N-ethyl adjacent to an activating group) is 2. The number of hydrogen-bond donors (Lipinski definition) is 2. The van der Waals surface area contributed by atoms with E-state index < -0.39 is 11.5 Å². The van der Waals surface area contributed by atoms with Crippen molar-refractivity contribution < 1.29 is 9.90 Å². The lowest BCUT2D eigenvalue weighted by atomic mass is 9.87. The van der Waals surface area contributed by atoms with Gasteiger partial charge in [-0.2, -0.15) is 0 Å². The fraction of sp³-hybridized carbons (Fsp3) is 0.941. The lowest BCUT2D eigenvalue weighted by Gasteiger charge is -2.36. The molecule has 0 radical (unpaired) electrons. The van der Waals surface area contributed by atoms with E-state index in [-0.39, 0.29) is 0 Å². The van der Waals surface area contributed by atoms with Gasteiger partial charge in [0.25, 0.3) is 0 Å². The predicted octanol–water partition coefficient (Wildman–Crippen LogP) is 2.20. The standard InChI is InChI=1S/C17H30N2O2/c1-3-18-17(16(20)21,15-6-7-15)11-19(2)10-14-9-12-4-5-13(14)8-12/h12-15,18H,3-11H2,1-2H3,(H,20,21). The second-order valence-electron chi connectivity index (χ2n) is 7.71. The van der Waals surface area contributed by atoms with Crippen LogP contribution in [0.5, 0.6) is 0 Å². The van der Waals surface area contributed by atoms with Gasteiger partial charge in [0.15, 0.2) is 0 Å². The smallest absolute Gasteiger partial charge is 0.325 e. The van der Waals surface area contributed by atoms with Gasteiger partial charge < -0.3 is 15.3 Å². The number of fused-ring (bicyclic) bond motifs is 2. The molecule has 3 fully saturated rings. The highest BCUT2D eigenvalue weighted by Gasteiger charge is 2.51. The van der Waals surface area contributed by atoms with Gasteiger partial charge in [0.2, 0.25) is 0 Å². The Hall–Kier alpha value is -0.610. The van der Waals surface area contributed by atoms with E-state index >= 15 is 0 Å². The van der Waals surface area contributed by atoms with E-state index in [1.807, 2.05) is 6.92 Å². The number of rotatable bonds is 8. The molecule has 3 rings (SSSR count). The molecule has 3 aliphatic rings. The maximum atomic E-state index is 11.9. The first-order valence-corrected chi connectivity index (χ1v) is 8.72. The van der Waals surface area contributed by atoms with Crippen LogP contribution in [-0.4, -0.2) is 48.2 Å². The fourth-order valence-corrected chi connectivity index (χ4v) is 5.03. The molecule has 4 nitrogen and oxygen atoms in total. The Morgan fingerprint density at radius 3 is 2.52 bits per heavy atom. The Labute approximate surface area is 128 Å². The molecule has 3 saturated carbocycles. The fourth-order valence-electron chi connectivity index (χ4n) is 5.03. The van der Waals surface area contributed by atoms with Crippen molar-refractivity contribution in [1.29, 1.82) is 0 Å². The topological polar surface area (TPSA) is 52.6 Å². The second-order valence-corrected chi connectivity index (χ2v) is 7.71. The summed E-state index contributed by atoms with van der Waals surface area (Å²) in [6.45, 7) is 4.46. The molecule has 3 aliphatic carbocycles. The summed E-state index contributed by atoms with van der Waals surface area (Å²) in [6.07, 6.45) is 7.76. The summed E-state index contributed by atoms with van der Waals surface area (Å²) in [5, 5.41) is 13.1. The van der Waals surface area contributed by atoms with Crippen molar-refractivity contribution in [2.75, 3.05) is 26.7 Å². The maximum absolute atomic E-state index is 11.9. The van der Waals surface area contributed by atoms with Crippen molar-refractivity contribution in [2.24, 2.45) is 23.7 Å². The number of nitrogens with one attached hydrogen (secondary N) is 1. The molecule has 2 N–H and O–H groups in total. The Kier molecular flexibility index (Phi) is 4.28. The zero-order valence-corrected chi connectivity index (χ0v) is 13.5. The molecule has 0 aromatic heterocycles. The van der Waals surface area contributed by atoms with Gasteiger partial charge in [0.05, 0.1) is 0 Å². The molecule has 0 aromatic rings. The molecule has 0 amide bonds. The third-order valence-electron chi connectivity index (χ3n) is 6.10. The average molecular weight is 294 g/mol. The first kappa shape index (κ1) is 15.3. The lowest BCUT2D eigenvalue weighted by Crippen LogP contribution is -2.60. The van der Waals surface area contributed by atoms with Crippen LogP contribution < -0.4 is 5.32 Å². The third-order valence-corrected chi connectivity index (χ3v) is 6.10. The third kappa shape index (κ3) is 2.98. The summed E-state index contributed by atoms with van der Waals surface area (Å²) < 4.78 is 0. The second kappa shape index (κ2) is 5.88. The van der Waals surface area contributed by atoms with Crippen molar-refractivity contribution in [2.45, 2.75) is 51.0 Å². The Balaban J connectivity index is 1.60. The Morgan fingerprint density at radius 2 is 2.05 bits per heavy atom. The normalized spacial score (nSPS) is 34.3. The Bertz CT molecular complexity index is 396. The van der Waals surface area contributed by atoms with Crippen LogP contribution in [0.15, 0.2) is 0 Å². The summed E-state index contributed by atoms with van der Waals surface area (Å²) >= 11 is 0. The molecular formula is C17H30N2O2. The molecule has 0 saturated heterocycles. The molecule has 0 aliphatic heterocycles. The maximum Gasteiger partial charge on any atom is 0.325 e. The van der Waals surface area contributed by atoms with Gasteiger partial charge in [-0.1, -0.05) is 13.3 Å². The van der Waals surface area contributed by atoms with E-state index in [0.29, 0.717) is 12.5 Å². The minimum atomic E-state index is -0.721. The summed E-state index contributed by atoms with van der Waals surface area (Å²) in [7, 11) is 2.11. The van der Waals surface area contributed by atoms with Gasteiger partial charge in [0, 0.05) is 13.1 Å². The summed E-state index contributed by atoms with van der Waals surface area (Å²) in [6, 6.07) is 0. The number of nitrogens with zero attached hydrogens (tertiary/aromatic N) is 1. The van der Waals surface area contributed by atoms with Crippen molar-refractivity contribution in [3.8, 4) is 0 Å². The first-order chi connectivity index (χ1) is 10.0. The molecule has 120 valence electrons. The highest BCUT2D eigenvalue weighted by atomic mass is 16.4. The molecule has 4 atom stereocenters. The van der Waals surface area contributed by atoms with Crippen LogP contribution in [0.4, 0.5) is 0 Å². The van der Waals surface area contributed by atoms with Crippen LogP contribution in [-0.2, 0) is 4.79 Å². The number of carboxylic acids is 1. The molecule has 21 heavy (non-hydrogen) atoms. The molecule has 4 heteroatoms. The lowest BCUT2D eigenvalue weighted by molar-refractivity contribution is -0.147. The zero-order valence-electron chi connectivity index (χ0n) is 13.5. The summed E-state index contributed by atoms with van der Waals surface area (Å²) in [4.78, 5) is 14.2. The van der Waals surface area contributed by atoms with Crippen LogP contribution >= 0.6 is 0 Å². The predicted molar refractivity (Wildman–Crippen MR) is 83.2 cm³/mol. The van der Waals surface area contributed by atoms with Gasteiger partial charge in [0.1, 0.15) is 5.54 Å². The van der Waals surface area contributed by atoms with Crippen LogP contribution in [0.25, 0.3) is 0 Å². The van der Waals surface area contributed by atoms with Crippen LogP contribution in [0, 0.1) is 23.7 Å². The van der Waals surface area contributed by atoms with E-state index in [0.717, 1.165) is 43.7 Å². The van der Waals surface area contributed by atoms with Crippen molar-refractivity contribution in [1.82, 2.24) is 10.2 Å².